The van der Waals surface area contributed by atoms with Gasteiger partial charge in [-0.15, -0.1) is 0 Å². The van der Waals surface area contributed by atoms with Crippen LogP contribution in [-0.2, 0) is 11.2 Å². The molecule has 0 aliphatic carbocycles. The van der Waals surface area contributed by atoms with Crippen LogP contribution in [0.25, 0.3) is 0 Å². The highest BCUT2D eigenvalue weighted by molar-refractivity contribution is 5.41. The van der Waals surface area contributed by atoms with Crippen molar-refractivity contribution in [1.29, 1.82) is 0 Å². The highest BCUT2D eigenvalue weighted by atomic mass is 16.5. The number of hydrogen-bond acceptors (Lipinski definition) is 4. The summed E-state index contributed by atoms with van der Waals surface area (Å²) in [5.74, 6) is 1.65. The number of hydrogen-bond donors (Lipinski definition) is 1. The van der Waals surface area contributed by atoms with Crippen LogP contribution in [0.1, 0.15) is 39.2 Å². The molecule has 0 saturated carbocycles. The molecule has 0 fully saturated rings. The van der Waals surface area contributed by atoms with E-state index in [-0.39, 0.29) is 11.6 Å². The van der Waals surface area contributed by atoms with Gasteiger partial charge in [0.25, 0.3) is 0 Å². The number of ether oxygens (including phenoxy) is 3. The third-order valence-corrected chi connectivity index (χ3v) is 3.80. The number of nitrogens with two attached hydrogens (primary N) is 1. The van der Waals surface area contributed by atoms with E-state index in [0.717, 1.165) is 36.3 Å². The third kappa shape index (κ3) is 5.94. The minimum Gasteiger partial charge on any atom is -0.497 e. The van der Waals surface area contributed by atoms with Crippen LogP contribution in [0, 0.1) is 0 Å². The summed E-state index contributed by atoms with van der Waals surface area (Å²) in [6.07, 6.45) is 2.58. The van der Waals surface area contributed by atoms with Crippen molar-refractivity contribution in [3.63, 3.8) is 0 Å². The quantitative estimate of drug-likeness (QED) is 0.760. The molecule has 0 aromatic heterocycles. The molecule has 1 aromatic carbocycles. The van der Waals surface area contributed by atoms with E-state index in [9.17, 15) is 0 Å². The van der Waals surface area contributed by atoms with E-state index in [1.807, 2.05) is 18.2 Å². The van der Waals surface area contributed by atoms with Crippen molar-refractivity contribution < 1.29 is 14.2 Å². The molecular weight excluding hydrogens is 266 g/mol. The van der Waals surface area contributed by atoms with Gasteiger partial charge in [-0.05, 0) is 38.3 Å². The predicted molar refractivity (Wildman–Crippen MR) is 86.2 cm³/mol. The van der Waals surface area contributed by atoms with Gasteiger partial charge in [-0.3, -0.25) is 0 Å². The van der Waals surface area contributed by atoms with Gasteiger partial charge >= 0.3 is 0 Å². The second kappa shape index (κ2) is 8.25. The second-order valence-corrected chi connectivity index (χ2v) is 5.91. The molecular formula is C17H29NO3. The van der Waals surface area contributed by atoms with Crippen molar-refractivity contribution in [1.82, 2.24) is 0 Å². The van der Waals surface area contributed by atoms with Crippen molar-refractivity contribution in [3.8, 4) is 11.5 Å². The Morgan fingerprint density at radius 3 is 2.52 bits per heavy atom. The zero-order chi connectivity index (χ0) is 15.9. The Balaban J connectivity index is 2.76. The topological polar surface area (TPSA) is 53.7 Å². The summed E-state index contributed by atoms with van der Waals surface area (Å²) in [6, 6.07) is 6.06. The van der Waals surface area contributed by atoms with Crippen molar-refractivity contribution in [2.75, 3.05) is 20.8 Å². The lowest BCUT2D eigenvalue weighted by Gasteiger charge is -2.23. The van der Waals surface area contributed by atoms with Gasteiger partial charge in [0.15, 0.2) is 0 Å². The first-order chi connectivity index (χ1) is 9.91. The molecule has 1 atom stereocenters. The first-order valence-electron chi connectivity index (χ1n) is 7.52. The van der Waals surface area contributed by atoms with Crippen molar-refractivity contribution in [2.45, 2.75) is 51.7 Å². The molecule has 0 radical (unpaired) electrons. The van der Waals surface area contributed by atoms with Gasteiger partial charge in [0, 0.05) is 25.6 Å². The van der Waals surface area contributed by atoms with Crippen LogP contribution in [0.2, 0.25) is 0 Å². The molecule has 2 N–H and O–H groups in total. The molecule has 0 spiro atoms. The van der Waals surface area contributed by atoms with Gasteiger partial charge in [-0.1, -0.05) is 13.0 Å². The molecule has 0 heterocycles. The average molecular weight is 295 g/mol. The SMILES string of the molecule is CCC(N)Cc1ccc(OC)cc1OCCC(C)(C)OC. The molecule has 1 aromatic rings. The van der Waals surface area contributed by atoms with Crippen LogP contribution < -0.4 is 15.2 Å². The summed E-state index contributed by atoms with van der Waals surface area (Å²) in [5, 5.41) is 0. The number of rotatable bonds is 9. The summed E-state index contributed by atoms with van der Waals surface area (Å²) in [5.41, 5.74) is 7.00. The molecule has 120 valence electrons. The third-order valence-electron chi connectivity index (χ3n) is 3.80. The van der Waals surface area contributed by atoms with Crippen LogP contribution in [0.3, 0.4) is 0 Å². The van der Waals surface area contributed by atoms with Crippen LogP contribution in [-0.4, -0.2) is 32.5 Å². The fraction of sp³-hybridized carbons (Fsp3) is 0.647. The van der Waals surface area contributed by atoms with E-state index < -0.39 is 0 Å². The summed E-state index contributed by atoms with van der Waals surface area (Å²) in [6.45, 7) is 6.80. The van der Waals surface area contributed by atoms with E-state index in [1.165, 1.54) is 0 Å². The van der Waals surface area contributed by atoms with Crippen LogP contribution in [0.5, 0.6) is 11.5 Å². The first-order valence-corrected chi connectivity index (χ1v) is 7.52. The normalized spacial score (nSPS) is 13.0. The van der Waals surface area contributed by atoms with Crippen LogP contribution in [0.4, 0.5) is 0 Å². The van der Waals surface area contributed by atoms with Gasteiger partial charge in [-0.25, -0.2) is 0 Å². The molecule has 0 aliphatic rings. The van der Waals surface area contributed by atoms with Gasteiger partial charge in [0.2, 0.25) is 0 Å². The predicted octanol–water partition coefficient (Wildman–Crippen LogP) is 3.17. The van der Waals surface area contributed by atoms with Gasteiger partial charge in [0.1, 0.15) is 11.5 Å². The second-order valence-electron chi connectivity index (χ2n) is 5.91. The molecule has 4 heteroatoms. The van der Waals surface area contributed by atoms with Crippen LogP contribution >= 0.6 is 0 Å². The summed E-state index contributed by atoms with van der Waals surface area (Å²) in [4.78, 5) is 0. The summed E-state index contributed by atoms with van der Waals surface area (Å²) >= 11 is 0. The summed E-state index contributed by atoms with van der Waals surface area (Å²) < 4.78 is 16.6. The smallest absolute Gasteiger partial charge is 0.126 e. The van der Waals surface area contributed by atoms with E-state index in [0.29, 0.717) is 6.61 Å². The molecule has 0 bridgehead atoms. The van der Waals surface area contributed by atoms with E-state index in [1.54, 1.807) is 14.2 Å². The van der Waals surface area contributed by atoms with Gasteiger partial charge in [-0.2, -0.15) is 0 Å². The van der Waals surface area contributed by atoms with Crippen LogP contribution in [0.15, 0.2) is 18.2 Å². The van der Waals surface area contributed by atoms with Gasteiger partial charge < -0.3 is 19.9 Å². The monoisotopic (exact) mass is 295 g/mol. The lowest BCUT2D eigenvalue weighted by Crippen LogP contribution is -2.25. The van der Waals surface area contributed by atoms with E-state index in [4.69, 9.17) is 19.9 Å². The minimum absolute atomic E-state index is 0.149. The zero-order valence-corrected chi connectivity index (χ0v) is 13.9. The van der Waals surface area contributed by atoms with E-state index >= 15 is 0 Å². The number of benzene rings is 1. The Kier molecular flexibility index (Phi) is 6.99. The fourth-order valence-electron chi connectivity index (χ4n) is 1.90. The molecule has 1 rings (SSSR count). The standard InChI is InChI=1S/C17H29NO3/c1-6-14(18)11-13-7-8-15(19-4)12-16(13)21-10-9-17(2,3)20-5/h7-8,12,14H,6,9-11,18H2,1-5H3. The Bertz CT molecular complexity index is 432. The highest BCUT2D eigenvalue weighted by Crippen LogP contribution is 2.27. The Morgan fingerprint density at radius 2 is 1.95 bits per heavy atom. The molecule has 0 amide bonds. The van der Waals surface area contributed by atoms with Crippen molar-refractivity contribution in [2.24, 2.45) is 5.73 Å². The minimum atomic E-state index is -0.182. The Hall–Kier alpha value is -1.26. The van der Waals surface area contributed by atoms with Crippen molar-refractivity contribution >= 4 is 0 Å². The highest BCUT2D eigenvalue weighted by Gasteiger charge is 2.17. The first kappa shape index (κ1) is 17.8. The van der Waals surface area contributed by atoms with E-state index in [2.05, 4.69) is 20.8 Å². The lowest BCUT2D eigenvalue weighted by atomic mass is 10.0. The zero-order valence-electron chi connectivity index (χ0n) is 13.9. The molecule has 0 saturated heterocycles. The number of methoxy groups -OCH3 is 2. The lowest BCUT2D eigenvalue weighted by molar-refractivity contribution is 0.00536. The molecule has 0 aliphatic heterocycles. The molecule has 4 nitrogen and oxygen atoms in total. The molecule has 1 unspecified atom stereocenters. The average Bonchev–Trinajstić information content (AvgIpc) is 2.48. The largest absolute Gasteiger partial charge is 0.497 e. The Morgan fingerprint density at radius 1 is 1.24 bits per heavy atom. The molecule has 21 heavy (non-hydrogen) atoms. The fourth-order valence-corrected chi connectivity index (χ4v) is 1.90. The maximum Gasteiger partial charge on any atom is 0.126 e. The Labute approximate surface area is 128 Å². The summed E-state index contributed by atoms with van der Waals surface area (Å²) in [7, 11) is 3.38. The maximum absolute atomic E-state index is 6.06. The van der Waals surface area contributed by atoms with Crippen molar-refractivity contribution in [3.05, 3.63) is 23.8 Å². The maximum atomic E-state index is 6.06. The van der Waals surface area contributed by atoms with Gasteiger partial charge in [0.05, 0.1) is 19.3 Å².